The highest BCUT2D eigenvalue weighted by molar-refractivity contribution is 5.98. The number of fused-ring (bicyclic) bond motifs is 3. The van der Waals surface area contributed by atoms with Crippen LogP contribution in [0.3, 0.4) is 0 Å². The molecule has 1 aliphatic carbocycles. The van der Waals surface area contributed by atoms with Gasteiger partial charge in [0.05, 0.1) is 18.4 Å². The topological polar surface area (TPSA) is 75.6 Å². The largest absolute Gasteiger partial charge is 0.480 e. The van der Waals surface area contributed by atoms with Crippen molar-refractivity contribution in [1.82, 2.24) is 0 Å². The van der Waals surface area contributed by atoms with Crippen LogP contribution in [0.2, 0.25) is 0 Å². The number of carbonyl (C=O) groups is 2. The summed E-state index contributed by atoms with van der Waals surface area (Å²) in [6.07, 6.45) is 4.77. The Balaban J connectivity index is 2.12. The van der Waals surface area contributed by atoms with E-state index >= 15 is 0 Å². The fourth-order valence-corrected chi connectivity index (χ4v) is 3.15. The number of hydrogen-bond donors (Lipinski definition) is 2. The molecule has 1 aliphatic heterocycles. The molecule has 0 amide bonds. The van der Waals surface area contributed by atoms with Gasteiger partial charge in [0.2, 0.25) is 0 Å². The number of anilines is 1. The van der Waals surface area contributed by atoms with Crippen LogP contribution in [0, 0.1) is 5.92 Å². The van der Waals surface area contributed by atoms with Gasteiger partial charge in [-0.1, -0.05) is 24.3 Å². The average Bonchev–Trinajstić information content (AvgIpc) is 2.94. The minimum Gasteiger partial charge on any atom is -0.480 e. The van der Waals surface area contributed by atoms with E-state index in [4.69, 9.17) is 4.74 Å². The van der Waals surface area contributed by atoms with Gasteiger partial charge < -0.3 is 15.2 Å². The van der Waals surface area contributed by atoms with Crippen LogP contribution < -0.4 is 5.32 Å². The van der Waals surface area contributed by atoms with E-state index in [9.17, 15) is 14.7 Å². The van der Waals surface area contributed by atoms with Crippen LogP contribution >= 0.6 is 0 Å². The second kappa shape index (κ2) is 4.67. The van der Waals surface area contributed by atoms with Gasteiger partial charge in [0, 0.05) is 11.8 Å². The molecule has 5 heteroatoms. The molecule has 0 bridgehead atoms. The van der Waals surface area contributed by atoms with Gasteiger partial charge in [-0.25, -0.2) is 9.59 Å². The number of nitrogens with one attached hydrogen (secondary N) is 1. The molecule has 5 nitrogen and oxygen atoms in total. The Morgan fingerprint density at radius 2 is 2.20 bits per heavy atom. The number of benzene rings is 1. The van der Waals surface area contributed by atoms with E-state index in [0.29, 0.717) is 11.3 Å². The molecule has 0 saturated heterocycles. The molecule has 104 valence electrons. The van der Waals surface area contributed by atoms with Crippen LogP contribution in [-0.2, 0) is 9.53 Å². The number of allylic oxidation sites excluding steroid dienone is 2. The van der Waals surface area contributed by atoms with E-state index in [-0.39, 0.29) is 11.8 Å². The smallest absolute Gasteiger partial charge is 0.339 e. The third-order valence-electron chi connectivity index (χ3n) is 4.07. The Bertz CT molecular complexity index is 608. The standard InChI is InChI=1S/C15H15NO4/c1-20-15(19)11-7-3-5-9-8-4-2-6-10(8)13(14(17)18)16-12(9)11/h2-5,7-8,10,13,16H,6H2,1H3,(H,17,18)/t8-,10+,13+/m1/s1. The molecule has 3 atom stereocenters. The Morgan fingerprint density at radius 3 is 2.90 bits per heavy atom. The van der Waals surface area contributed by atoms with Gasteiger partial charge in [0.25, 0.3) is 0 Å². The lowest BCUT2D eigenvalue weighted by atomic mass is 9.78. The number of aliphatic carboxylic acids is 1. The molecule has 0 fully saturated rings. The van der Waals surface area contributed by atoms with Crippen molar-refractivity contribution < 1.29 is 19.4 Å². The van der Waals surface area contributed by atoms with E-state index < -0.39 is 18.0 Å². The van der Waals surface area contributed by atoms with Crippen LogP contribution in [0.15, 0.2) is 30.4 Å². The van der Waals surface area contributed by atoms with Crippen LogP contribution in [0.25, 0.3) is 0 Å². The molecular weight excluding hydrogens is 258 g/mol. The highest BCUT2D eigenvalue weighted by Gasteiger charge is 2.41. The van der Waals surface area contributed by atoms with E-state index in [1.807, 2.05) is 18.2 Å². The van der Waals surface area contributed by atoms with E-state index in [1.54, 1.807) is 12.1 Å². The minimum absolute atomic E-state index is 0.00658. The molecule has 1 aromatic carbocycles. The van der Waals surface area contributed by atoms with Crippen LogP contribution in [0.1, 0.15) is 28.3 Å². The van der Waals surface area contributed by atoms with Gasteiger partial charge in [-0.3, -0.25) is 0 Å². The summed E-state index contributed by atoms with van der Waals surface area (Å²) >= 11 is 0. The van der Waals surface area contributed by atoms with Gasteiger partial charge in [-0.15, -0.1) is 0 Å². The summed E-state index contributed by atoms with van der Waals surface area (Å²) in [4.78, 5) is 23.3. The van der Waals surface area contributed by atoms with Gasteiger partial charge in [0.1, 0.15) is 6.04 Å². The monoisotopic (exact) mass is 273 g/mol. The van der Waals surface area contributed by atoms with Crippen LogP contribution in [-0.4, -0.2) is 30.2 Å². The quantitative estimate of drug-likeness (QED) is 0.637. The van der Waals surface area contributed by atoms with E-state index in [1.165, 1.54) is 7.11 Å². The lowest BCUT2D eigenvalue weighted by molar-refractivity contribution is -0.139. The summed E-state index contributed by atoms with van der Waals surface area (Å²) < 4.78 is 4.77. The normalized spacial score (nSPS) is 26.4. The zero-order valence-electron chi connectivity index (χ0n) is 11.0. The second-order valence-corrected chi connectivity index (χ2v) is 5.08. The lowest BCUT2D eigenvalue weighted by Gasteiger charge is -2.35. The number of para-hydroxylation sites is 1. The minimum atomic E-state index is -0.894. The van der Waals surface area contributed by atoms with Crippen molar-refractivity contribution in [3.8, 4) is 0 Å². The Labute approximate surface area is 116 Å². The third kappa shape index (κ3) is 1.78. The summed E-state index contributed by atoms with van der Waals surface area (Å²) in [5.41, 5.74) is 1.93. The average molecular weight is 273 g/mol. The van der Waals surface area contributed by atoms with Crippen molar-refractivity contribution in [2.75, 3.05) is 12.4 Å². The number of esters is 1. The lowest BCUT2D eigenvalue weighted by Crippen LogP contribution is -2.42. The molecule has 1 aromatic rings. The van der Waals surface area contributed by atoms with Gasteiger partial charge in [-0.05, 0) is 18.1 Å². The molecule has 0 aromatic heterocycles. The first-order valence-corrected chi connectivity index (χ1v) is 6.50. The second-order valence-electron chi connectivity index (χ2n) is 5.08. The van der Waals surface area contributed by atoms with Crippen molar-refractivity contribution >= 4 is 17.6 Å². The van der Waals surface area contributed by atoms with Gasteiger partial charge in [-0.2, -0.15) is 0 Å². The fraction of sp³-hybridized carbons (Fsp3) is 0.333. The maximum atomic E-state index is 11.8. The van der Waals surface area contributed by atoms with Gasteiger partial charge in [0.15, 0.2) is 0 Å². The highest BCUT2D eigenvalue weighted by atomic mass is 16.5. The predicted octanol–water partition coefficient (Wildman–Crippen LogP) is 2.01. The number of carbonyl (C=O) groups excluding carboxylic acids is 1. The summed E-state index contributed by atoms with van der Waals surface area (Å²) in [6.45, 7) is 0. The fourth-order valence-electron chi connectivity index (χ4n) is 3.15. The maximum absolute atomic E-state index is 11.8. The summed E-state index contributed by atoms with van der Waals surface area (Å²) in [7, 11) is 1.32. The van der Waals surface area contributed by atoms with Crippen LogP contribution in [0.4, 0.5) is 5.69 Å². The molecule has 0 saturated carbocycles. The molecular formula is C15H15NO4. The highest BCUT2D eigenvalue weighted by Crippen LogP contribution is 2.45. The number of carboxylic acids is 1. The molecule has 0 unspecified atom stereocenters. The van der Waals surface area contributed by atoms with Crippen molar-refractivity contribution in [3.63, 3.8) is 0 Å². The zero-order chi connectivity index (χ0) is 14.3. The Hall–Kier alpha value is -2.30. The van der Waals surface area contributed by atoms with Crippen molar-refractivity contribution in [2.24, 2.45) is 5.92 Å². The first-order valence-electron chi connectivity index (χ1n) is 6.50. The molecule has 2 N–H and O–H groups in total. The number of methoxy groups -OCH3 is 1. The van der Waals surface area contributed by atoms with Gasteiger partial charge >= 0.3 is 11.9 Å². The molecule has 0 radical (unpaired) electrons. The molecule has 3 rings (SSSR count). The number of carboxylic acid groups (broad SMARTS) is 1. The summed E-state index contributed by atoms with van der Waals surface area (Å²) in [6, 6.07) is 4.70. The van der Waals surface area contributed by atoms with Crippen molar-refractivity contribution in [3.05, 3.63) is 41.5 Å². The number of ether oxygens (including phenoxy) is 1. The Kier molecular flexibility index (Phi) is 2.97. The van der Waals surface area contributed by atoms with Crippen molar-refractivity contribution in [2.45, 2.75) is 18.4 Å². The SMILES string of the molecule is COC(=O)c1cccc2c1N[C@H](C(=O)O)[C@H]1CC=C[C@H]21. The summed E-state index contributed by atoms with van der Waals surface area (Å²) in [5.74, 6) is -1.32. The molecule has 2 aliphatic rings. The van der Waals surface area contributed by atoms with Crippen molar-refractivity contribution in [1.29, 1.82) is 0 Å². The maximum Gasteiger partial charge on any atom is 0.339 e. The van der Waals surface area contributed by atoms with E-state index in [0.717, 1.165) is 12.0 Å². The number of hydrogen-bond acceptors (Lipinski definition) is 4. The first-order chi connectivity index (χ1) is 9.63. The Morgan fingerprint density at radius 1 is 1.40 bits per heavy atom. The molecule has 0 spiro atoms. The van der Waals surface area contributed by atoms with E-state index in [2.05, 4.69) is 5.32 Å². The molecule has 20 heavy (non-hydrogen) atoms. The third-order valence-corrected chi connectivity index (χ3v) is 4.07. The number of rotatable bonds is 2. The zero-order valence-corrected chi connectivity index (χ0v) is 11.0. The van der Waals surface area contributed by atoms with Crippen LogP contribution in [0.5, 0.6) is 0 Å². The summed E-state index contributed by atoms with van der Waals surface area (Å²) in [5, 5.41) is 12.4. The predicted molar refractivity (Wildman–Crippen MR) is 72.8 cm³/mol. The first kappa shape index (κ1) is 12.7. The molecule has 1 heterocycles.